The van der Waals surface area contributed by atoms with Crippen LogP contribution in [0, 0.1) is 20.8 Å². The van der Waals surface area contributed by atoms with Crippen LogP contribution in [0.2, 0.25) is 0 Å². The van der Waals surface area contributed by atoms with Crippen LogP contribution >= 0.6 is 0 Å². The molecule has 3 rings (SSSR count). The highest BCUT2D eigenvalue weighted by atomic mass is 16.6. The number of carbonyl (C=O) groups is 2. The number of carbonyl (C=O) groups excluding carboxylic acids is 2. The zero-order chi connectivity index (χ0) is 20.3. The monoisotopic (exact) mass is 385 g/mol. The summed E-state index contributed by atoms with van der Waals surface area (Å²) >= 11 is 0. The molecular weight excluding hydrogens is 362 g/mol. The summed E-state index contributed by atoms with van der Waals surface area (Å²) in [6.45, 7) is 6.22. The van der Waals surface area contributed by atoms with Crippen molar-refractivity contribution in [1.29, 1.82) is 0 Å². The fourth-order valence-corrected chi connectivity index (χ4v) is 3.16. The molecule has 0 radical (unpaired) electrons. The van der Waals surface area contributed by atoms with Gasteiger partial charge in [-0.25, -0.2) is 4.79 Å². The number of ether oxygens (including phenoxy) is 4. The van der Waals surface area contributed by atoms with Crippen molar-refractivity contribution in [2.24, 2.45) is 0 Å². The van der Waals surface area contributed by atoms with E-state index in [0.717, 1.165) is 22.4 Å². The second kappa shape index (κ2) is 8.21. The van der Waals surface area contributed by atoms with Crippen LogP contribution in [-0.4, -0.2) is 38.8 Å². The molecule has 0 unspecified atom stereocenters. The van der Waals surface area contributed by atoms with E-state index in [1.54, 1.807) is 0 Å². The van der Waals surface area contributed by atoms with E-state index >= 15 is 0 Å². The van der Waals surface area contributed by atoms with Gasteiger partial charge in [0.25, 0.3) is 5.91 Å². The number of aryl methyl sites for hydroxylation is 3. The molecule has 1 heterocycles. The third-order valence-electron chi connectivity index (χ3n) is 4.34. The first-order chi connectivity index (χ1) is 13.4. The van der Waals surface area contributed by atoms with Crippen LogP contribution in [0.15, 0.2) is 24.3 Å². The van der Waals surface area contributed by atoms with Gasteiger partial charge in [0, 0.05) is 5.69 Å². The molecule has 2 aromatic rings. The average molecular weight is 385 g/mol. The molecule has 1 amide bonds. The lowest BCUT2D eigenvalue weighted by molar-refractivity contribution is -0.119. The Kier molecular flexibility index (Phi) is 5.73. The van der Waals surface area contributed by atoms with E-state index in [-0.39, 0.29) is 5.56 Å². The maximum Gasteiger partial charge on any atom is 0.338 e. The number of fused-ring (bicyclic) bond motifs is 1. The number of benzene rings is 2. The summed E-state index contributed by atoms with van der Waals surface area (Å²) in [7, 11) is 1.47. The van der Waals surface area contributed by atoms with Gasteiger partial charge in [0.2, 0.25) is 5.75 Å². The lowest BCUT2D eigenvalue weighted by Crippen LogP contribution is -2.22. The topological polar surface area (TPSA) is 83.1 Å². The Morgan fingerprint density at radius 2 is 1.71 bits per heavy atom. The number of anilines is 1. The molecule has 1 aliphatic heterocycles. The Bertz CT molecular complexity index is 881. The van der Waals surface area contributed by atoms with Gasteiger partial charge in [-0.1, -0.05) is 17.7 Å². The smallest absolute Gasteiger partial charge is 0.338 e. The van der Waals surface area contributed by atoms with Crippen LogP contribution in [-0.2, 0) is 9.53 Å². The molecule has 2 aromatic carbocycles. The predicted octanol–water partition coefficient (Wildman–Crippen LogP) is 3.19. The predicted molar refractivity (Wildman–Crippen MR) is 104 cm³/mol. The SMILES string of the molecule is COc1cc(C(=O)OCC(=O)Nc2c(C)cc(C)cc2C)cc2c1OCCO2. The fraction of sp³-hybridized carbons (Fsp3) is 0.333. The second-order valence-corrected chi connectivity index (χ2v) is 6.60. The van der Waals surface area contributed by atoms with Crippen molar-refractivity contribution in [2.45, 2.75) is 20.8 Å². The number of amides is 1. The normalized spacial score (nSPS) is 12.3. The minimum Gasteiger partial charge on any atom is -0.493 e. The highest BCUT2D eigenvalue weighted by Gasteiger charge is 2.22. The molecule has 0 spiro atoms. The number of hydrogen-bond donors (Lipinski definition) is 1. The number of rotatable bonds is 5. The molecule has 0 aromatic heterocycles. The van der Waals surface area contributed by atoms with Crippen molar-refractivity contribution in [3.63, 3.8) is 0 Å². The van der Waals surface area contributed by atoms with Crippen molar-refractivity contribution in [3.8, 4) is 17.2 Å². The summed E-state index contributed by atoms with van der Waals surface area (Å²) in [6, 6.07) is 6.99. The van der Waals surface area contributed by atoms with Gasteiger partial charge in [-0.2, -0.15) is 0 Å². The van der Waals surface area contributed by atoms with Gasteiger partial charge in [-0.3, -0.25) is 4.79 Å². The Labute approximate surface area is 163 Å². The van der Waals surface area contributed by atoms with Crippen molar-refractivity contribution < 1.29 is 28.5 Å². The number of methoxy groups -OCH3 is 1. The van der Waals surface area contributed by atoms with E-state index in [1.165, 1.54) is 19.2 Å². The van der Waals surface area contributed by atoms with E-state index < -0.39 is 18.5 Å². The molecule has 0 aliphatic carbocycles. The van der Waals surface area contributed by atoms with Crippen molar-refractivity contribution in [1.82, 2.24) is 0 Å². The Morgan fingerprint density at radius 3 is 2.39 bits per heavy atom. The van der Waals surface area contributed by atoms with E-state index in [1.807, 2.05) is 32.9 Å². The first-order valence-electron chi connectivity index (χ1n) is 8.91. The number of nitrogens with one attached hydrogen (secondary N) is 1. The molecule has 0 atom stereocenters. The Morgan fingerprint density at radius 1 is 1.04 bits per heavy atom. The standard InChI is InChI=1S/C21H23NO6/c1-12-7-13(2)19(14(3)8-12)22-18(23)11-28-21(24)15-9-16(25-4)20-17(10-15)26-5-6-27-20/h7-10H,5-6,11H2,1-4H3,(H,22,23). The summed E-state index contributed by atoms with van der Waals surface area (Å²) in [5, 5.41) is 2.80. The van der Waals surface area contributed by atoms with Crippen LogP contribution in [0.3, 0.4) is 0 Å². The van der Waals surface area contributed by atoms with Crippen molar-refractivity contribution in [3.05, 3.63) is 46.5 Å². The molecule has 7 heteroatoms. The number of hydrogen-bond acceptors (Lipinski definition) is 6. The summed E-state index contributed by atoms with van der Waals surface area (Å²) in [5.74, 6) is 0.177. The lowest BCUT2D eigenvalue weighted by Gasteiger charge is -2.21. The van der Waals surface area contributed by atoms with Gasteiger partial charge in [0.1, 0.15) is 13.2 Å². The van der Waals surface area contributed by atoms with E-state index in [4.69, 9.17) is 18.9 Å². The molecule has 1 N–H and O–H groups in total. The Hall–Kier alpha value is -3.22. The highest BCUT2D eigenvalue weighted by molar-refractivity contribution is 5.97. The molecule has 28 heavy (non-hydrogen) atoms. The van der Waals surface area contributed by atoms with Crippen LogP contribution in [0.5, 0.6) is 17.2 Å². The summed E-state index contributed by atoms with van der Waals surface area (Å²) < 4.78 is 21.4. The van der Waals surface area contributed by atoms with Gasteiger partial charge >= 0.3 is 5.97 Å². The molecule has 0 saturated heterocycles. The molecular formula is C21H23NO6. The van der Waals surface area contributed by atoms with Gasteiger partial charge in [-0.05, 0) is 44.0 Å². The lowest BCUT2D eigenvalue weighted by atomic mass is 10.1. The van der Waals surface area contributed by atoms with Crippen LogP contribution in [0.25, 0.3) is 0 Å². The van der Waals surface area contributed by atoms with E-state index in [0.29, 0.717) is 30.5 Å². The van der Waals surface area contributed by atoms with Crippen molar-refractivity contribution in [2.75, 3.05) is 32.2 Å². The van der Waals surface area contributed by atoms with Crippen molar-refractivity contribution >= 4 is 17.6 Å². The van der Waals surface area contributed by atoms with Gasteiger partial charge < -0.3 is 24.3 Å². The molecule has 7 nitrogen and oxygen atoms in total. The summed E-state index contributed by atoms with van der Waals surface area (Å²) in [5.41, 5.74) is 3.97. The minimum atomic E-state index is -0.650. The molecule has 0 bridgehead atoms. The molecule has 148 valence electrons. The zero-order valence-electron chi connectivity index (χ0n) is 16.4. The van der Waals surface area contributed by atoms with Crippen LogP contribution in [0.1, 0.15) is 27.0 Å². The summed E-state index contributed by atoms with van der Waals surface area (Å²) in [6.07, 6.45) is 0. The highest BCUT2D eigenvalue weighted by Crippen LogP contribution is 2.40. The van der Waals surface area contributed by atoms with Gasteiger partial charge in [-0.15, -0.1) is 0 Å². The van der Waals surface area contributed by atoms with E-state index in [2.05, 4.69) is 5.32 Å². The Balaban J connectivity index is 1.66. The second-order valence-electron chi connectivity index (χ2n) is 6.60. The quantitative estimate of drug-likeness (QED) is 0.796. The molecule has 0 saturated carbocycles. The zero-order valence-corrected chi connectivity index (χ0v) is 16.4. The maximum atomic E-state index is 12.4. The average Bonchev–Trinajstić information content (AvgIpc) is 2.67. The fourth-order valence-electron chi connectivity index (χ4n) is 3.16. The largest absolute Gasteiger partial charge is 0.493 e. The number of esters is 1. The molecule has 1 aliphatic rings. The summed E-state index contributed by atoms with van der Waals surface area (Å²) in [4.78, 5) is 24.6. The third kappa shape index (κ3) is 4.19. The third-order valence-corrected chi connectivity index (χ3v) is 4.34. The van der Waals surface area contributed by atoms with Crippen LogP contribution in [0.4, 0.5) is 5.69 Å². The minimum absolute atomic E-state index is 0.219. The van der Waals surface area contributed by atoms with Gasteiger partial charge in [0.15, 0.2) is 18.1 Å². The van der Waals surface area contributed by atoms with Crippen LogP contribution < -0.4 is 19.5 Å². The first-order valence-corrected chi connectivity index (χ1v) is 8.91. The van der Waals surface area contributed by atoms with E-state index in [9.17, 15) is 9.59 Å². The molecule has 0 fully saturated rings. The first kappa shape index (κ1) is 19.5. The van der Waals surface area contributed by atoms with Gasteiger partial charge in [0.05, 0.1) is 12.7 Å². The maximum absolute atomic E-state index is 12.4.